The summed E-state index contributed by atoms with van der Waals surface area (Å²) in [5.74, 6) is -0.312. The van der Waals surface area contributed by atoms with Crippen molar-refractivity contribution in [1.29, 1.82) is 0 Å². The highest BCUT2D eigenvalue weighted by atomic mass is 16.5. The Labute approximate surface area is 171 Å². The van der Waals surface area contributed by atoms with Gasteiger partial charge in [0.15, 0.2) is 0 Å². The predicted octanol–water partition coefficient (Wildman–Crippen LogP) is 1.87. The van der Waals surface area contributed by atoms with Crippen LogP contribution in [0.5, 0.6) is 0 Å². The highest BCUT2D eigenvalue weighted by molar-refractivity contribution is 6.45. The minimum Gasteiger partial charge on any atom is -0.467 e. The number of carbonyl (C=O) groups excluding carboxylic acids is 2. The molecule has 2 aromatic rings. The van der Waals surface area contributed by atoms with Crippen molar-refractivity contribution in [1.82, 2.24) is 15.5 Å². The lowest BCUT2D eigenvalue weighted by Crippen LogP contribution is -2.47. The molecule has 0 spiro atoms. The summed E-state index contributed by atoms with van der Waals surface area (Å²) >= 11 is 0. The Balaban J connectivity index is 1.65. The smallest absolute Gasteiger partial charge is 0.373 e. The van der Waals surface area contributed by atoms with Gasteiger partial charge in [-0.05, 0) is 50.2 Å². The molecular weight excluding hydrogens is 369 g/mol. The maximum Gasteiger partial charge on any atom is 0.373 e. The number of aromatic amines is 1. The van der Waals surface area contributed by atoms with E-state index in [0.29, 0.717) is 18.9 Å². The Morgan fingerprint density at radius 2 is 2.14 bits per heavy atom. The molecule has 1 aliphatic rings. The van der Waals surface area contributed by atoms with E-state index in [1.54, 1.807) is 6.82 Å². The van der Waals surface area contributed by atoms with E-state index in [4.69, 9.17) is 4.74 Å². The quantitative estimate of drug-likeness (QED) is 0.401. The molecule has 1 aromatic heterocycles. The fourth-order valence-electron chi connectivity index (χ4n) is 4.20. The van der Waals surface area contributed by atoms with Crippen molar-refractivity contribution in [3.63, 3.8) is 0 Å². The van der Waals surface area contributed by atoms with Crippen LogP contribution >= 0.6 is 0 Å². The van der Waals surface area contributed by atoms with E-state index in [1.165, 1.54) is 7.11 Å². The summed E-state index contributed by atoms with van der Waals surface area (Å²) in [5, 5.41) is 16.4. The number of carbonyl (C=O) groups is 2. The summed E-state index contributed by atoms with van der Waals surface area (Å²) < 4.78 is 4.95. The van der Waals surface area contributed by atoms with Crippen molar-refractivity contribution >= 4 is 29.8 Å². The molecule has 1 aromatic carbocycles. The summed E-state index contributed by atoms with van der Waals surface area (Å²) in [4.78, 5) is 28.5. The molecule has 1 saturated carbocycles. The lowest BCUT2D eigenvalue weighted by molar-refractivity contribution is -0.145. The lowest BCUT2D eigenvalue weighted by atomic mass is 9.79. The first-order chi connectivity index (χ1) is 14.0. The van der Waals surface area contributed by atoms with Crippen molar-refractivity contribution < 1.29 is 19.3 Å². The number of benzene rings is 1. The van der Waals surface area contributed by atoms with Gasteiger partial charge in [-0.15, -0.1) is 0 Å². The zero-order chi connectivity index (χ0) is 20.8. The number of aromatic nitrogens is 1. The Bertz CT molecular complexity index is 838. The molecule has 1 aliphatic carbocycles. The maximum atomic E-state index is 12.9. The van der Waals surface area contributed by atoms with Gasteiger partial charge in [-0.2, -0.15) is 0 Å². The van der Waals surface area contributed by atoms with E-state index < -0.39 is 19.1 Å². The molecule has 1 amide bonds. The molecule has 1 fully saturated rings. The van der Waals surface area contributed by atoms with E-state index in [0.717, 1.165) is 42.1 Å². The van der Waals surface area contributed by atoms with Gasteiger partial charge in [-0.3, -0.25) is 4.79 Å². The molecule has 7 nitrogen and oxygen atoms in total. The largest absolute Gasteiger partial charge is 0.467 e. The average Bonchev–Trinajstić information content (AvgIpc) is 3.14. The van der Waals surface area contributed by atoms with Crippen molar-refractivity contribution in [3.05, 3.63) is 36.0 Å². The Morgan fingerprint density at radius 1 is 1.34 bits per heavy atom. The zero-order valence-corrected chi connectivity index (χ0v) is 17.1. The number of hydrogen-bond acceptors (Lipinski definition) is 5. The average molecular weight is 399 g/mol. The molecule has 1 heterocycles. The number of hydrogen-bond donors (Lipinski definition) is 4. The van der Waals surface area contributed by atoms with E-state index in [-0.39, 0.29) is 11.8 Å². The number of ether oxygens (including phenoxy) is 1. The number of amides is 1. The van der Waals surface area contributed by atoms with Gasteiger partial charge in [-0.25, -0.2) is 4.79 Å². The van der Waals surface area contributed by atoms with Crippen molar-refractivity contribution in [2.75, 3.05) is 13.7 Å². The number of rotatable bonds is 8. The molecule has 0 unspecified atom stereocenters. The van der Waals surface area contributed by atoms with Gasteiger partial charge in [0.2, 0.25) is 5.91 Å². The summed E-state index contributed by atoms with van der Waals surface area (Å²) in [5.41, 5.74) is 1.97. The number of nitrogens with one attached hydrogen (secondary N) is 3. The molecule has 4 N–H and O–H groups in total. The molecule has 0 saturated heterocycles. The lowest BCUT2D eigenvalue weighted by Gasteiger charge is -2.29. The molecule has 0 aliphatic heterocycles. The van der Waals surface area contributed by atoms with E-state index in [1.807, 2.05) is 30.5 Å². The number of esters is 1. The minimum absolute atomic E-state index is 0.0954. The first-order valence-electron chi connectivity index (χ1n) is 10.3. The normalized spacial score (nSPS) is 20.2. The first kappa shape index (κ1) is 21.4. The van der Waals surface area contributed by atoms with Crippen LogP contribution < -0.4 is 10.5 Å². The van der Waals surface area contributed by atoms with Gasteiger partial charge in [0.05, 0.1) is 7.11 Å². The minimum atomic E-state index is -0.720. The molecule has 29 heavy (non-hydrogen) atoms. The van der Waals surface area contributed by atoms with Crippen LogP contribution in [0.4, 0.5) is 0 Å². The molecule has 0 bridgehead atoms. The van der Waals surface area contributed by atoms with Crippen LogP contribution in [0.15, 0.2) is 30.5 Å². The highest BCUT2D eigenvalue weighted by Gasteiger charge is 2.31. The van der Waals surface area contributed by atoms with Crippen molar-refractivity contribution in [2.24, 2.45) is 11.8 Å². The third-order valence-electron chi connectivity index (χ3n) is 5.76. The fourth-order valence-corrected chi connectivity index (χ4v) is 4.20. The van der Waals surface area contributed by atoms with Gasteiger partial charge in [0.25, 0.3) is 0 Å². The van der Waals surface area contributed by atoms with Gasteiger partial charge in [0.1, 0.15) is 6.04 Å². The van der Waals surface area contributed by atoms with Crippen LogP contribution in [-0.4, -0.2) is 48.6 Å². The summed E-state index contributed by atoms with van der Waals surface area (Å²) in [6, 6.07) is 7.16. The zero-order valence-electron chi connectivity index (χ0n) is 17.1. The second-order valence-electron chi connectivity index (χ2n) is 7.96. The number of para-hydroxylation sites is 1. The monoisotopic (exact) mass is 399 g/mol. The molecular formula is C21H30BN3O4. The van der Waals surface area contributed by atoms with Crippen LogP contribution in [0.3, 0.4) is 0 Å². The topological polar surface area (TPSA) is 103 Å². The molecule has 3 atom stereocenters. The highest BCUT2D eigenvalue weighted by Crippen LogP contribution is 2.29. The number of fused-ring (bicyclic) bond motifs is 1. The van der Waals surface area contributed by atoms with Crippen LogP contribution in [0.2, 0.25) is 6.82 Å². The van der Waals surface area contributed by atoms with Crippen molar-refractivity contribution in [2.45, 2.75) is 45.0 Å². The first-order valence-corrected chi connectivity index (χ1v) is 10.3. The van der Waals surface area contributed by atoms with E-state index >= 15 is 0 Å². The number of H-pyrrole nitrogens is 1. The Kier molecular flexibility index (Phi) is 7.33. The van der Waals surface area contributed by atoms with E-state index in [2.05, 4.69) is 15.5 Å². The molecule has 156 valence electrons. The summed E-state index contributed by atoms with van der Waals surface area (Å²) in [6.07, 6.45) is 5.84. The van der Waals surface area contributed by atoms with Gasteiger partial charge in [0, 0.05) is 29.4 Å². The van der Waals surface area contributed by atoms with Gasteiger partial charge < -0.3 is 25.3 Å². The Hall–Kier alpha value is -2.32. The third kappa shape index (κ3) is 5.61. The molecule has 3 rings (SSSR count). The standard InChI is InChI=1S/C21H30BN3O4/c1-22(28)24-12-14-6-5-7-15(10-14)20(26)25-19(21(27)29-2)11-16-13-23-18-9-4-3-8-17(16)18/h3-4,8-9,13-15,19,23-24,28H,5-7,10-12H2,1-2H3,(H,25,26)/t14-,15+,19-/m0/s1. The summed E-state index contributed by atoms with van der Waals surface area (Å²) in [7, 11) is 0.791. The van der Waals surface area contributed by atoms with Gasteiger partial charge >= 0.3 is 13.0 Å². The SMILES string of the molecule is COC(=O)[C@H](Cc1c[nH]c2ccccc12)NC(=O)[C@@H]1CCC[C@H](CNB(C)O)C1. The van der Waals surface area contributed by atoms with Crippen LogP contribution in [0.1, 0.15) is 31.2 Å². The summed E-state index contributed by atoms with van der Waals surface area (Å²) in [6.45, 7) is 2.38. The maximum absolute atomic E-state index is 12.9. The van der Waals surface area contributed by atoms with Gasteiger partial charge in [-0.1, -0.05) is 24.6 Å². The third-order valence-corrected chi connectivity index (χ3v) is 5.76. The number of methoxy groups -OCH3 is 1. The molecule has 8 heteroatoms. The fraction of sp³-hybridized carbons (Fsp3) is 0.524. The van der Waals surface area contributed by atoms with E-state index in [9.17, 15) is 14.6 Å². The molecule has 0 radical (unpaired) electrons. The van der Waals surface area contributed by atoms with Crippen molar-refractivity contribution in [3.8, 4) is 0 Å². The second kappa shape index (κ2) is 9.94. The second-order valence-corrected chi connectivity index (χ2v) is 7.96. The van der Waals surface area contributed by atoms with Crippen LogP contribution in [0.25, 0.3) is 10.9 Å². The predicted molar refractivity (Wildman–Crippen MR) is 113 cm³/mol. The Morgan fingerprint density at radius 3 is 2.90 bits per heavy atom. The van der Waals surface area contributed by atoms with Crippen LogP contribution in [-0.2, 0) is 20.7 Å². The van der Waals surface area contributed by atoms with Crippen LogP contribution in [0, 0.1) is 11.8 Å².